The van der Waals surface area contributed by atoms with Gasteiger partial charge >= 0.3 is 0 Å². The molecular weight excluding hydrogens is 430 g/mol. The van der Waals surface area contributed by atoms with E-state index in [0.717, 1.165) is 35.0 Å². The summed E-state index contributed by atoms with van der Waals surface area (Å²) in [5, 5.41) is 4.32. The molecule has 1 aliphatic rings. The number of hydrogen-bond acceptors (Lipinski definition) is 4. The Kier molecular flexibility index (Phi) is 6.22. The van der Waals surface area contributed by atoms with Gasteiger partial charge in [0.15, 0.2) is 0 Å². The molecule has 0 unspecified atom stereocenters. The van der Waals surface area contributed by atoms with Crippen molar-refractivity contribution in [3.63, 3.8) is 0 Å². The lowest BCUT2D eigenvalue weighted by molar-refractivity contribution is -0.121. The lowest BCUT2D eigenvalue weighted by Gasteiger charge is -2.33. The van der Waals surface area contributed by atoms with E-state index < -0.39 is 0 Å². The first kappa shape index (κ1) is 22.0. The first-order valence-corrected chi connectivity index (χ1v) is 11.9. The SMILES string of the molecule is CC(C)(C)[C@H]1CCc2c(sc3nc(CCC(=O)NCc4ccc(Cl)cc4)[nH]c(=O)c23)C1. The predicted molar refractivity (Wildman–Crippen MR) is 127 cm³/mol. The zero-order valence-corrected chi connectivity index (χ0v) is 19.8. The van der Waals surface area contributed by atoms with Crippen LogP contribution in [-0.4, -0.2) is 15.9 Å². The highest BCUT2D eigenvalue weighted by atomic mass is 35.5. The van der Waals surface area contributed by atoms with Crippen LogP contribution < -0.4 is 10.9 Å². The lowest BCUT2D eigenvalue weighted by atomic mass is 9.72. The summed E-state index contributed by atoms with van der Waals surface area (Å²) in [7, 11) is 0. The third-order valence-electron chi connectivity index (χ3n) is 6.18. The number of aryl methyl sites for hydroxylation is 2. The fourth-order valence-corrected chi connectivity index (χ4v) is 5.65. The molecule has 0 fully saturated rings. The van der Waals surface area contributed by atoms with Gasteiger partial charge in [0.05, 0.1) is 5.39 Å². The molecule has 1 atom stereocenters. The summed E-state index contributed by atoms with van der Waals surface area (Å²) in [6.45, 7) is 7.32. The van der Waals surface area contributed by atoms with Crippen LogP contribution in [0.2, 0.25) is 5.02 Å². The topological polar surface area (TPSA) is 74.8 Å². The van der Waals surface area contributed by atoms with Crippen LogP contribution in [0.5, 0.6) is 0 Å². The number of amides is 1. The molecule has 3 aromatic rings. The highest BCUT2D eigenvalue weighted by Crippen LogP contribution is 2.41. The largest absolute Gasteiger partial charge is 0.352 e. The fraction of sp³-hybridized carbons (Fsp3) is 0.458. The number of rotatable bonds is 5. The van der Waals surface area contributed by atoms with Gasteiger partial charge in [-0.3, -0.25) is 9.59 Å². The van der Waals surface area contributed by atoms with Gasteiger partial charge in [0.2, 0.25) is 5.91 Å². The van der Waals surface area contributed by atoms with Gasteiger partial charge in [-0.25, -0.2) is 4.98 Å². The average molecular weight is 458 g/mol. The summed E-state index contributed by atoms with van der Waals surface area (Å²) in [6.07, 6.45) is 3.75. The van der Waals surface area contributed by atoms with Gasteiger partial charge in [0, 0.05) is 29.3 Å². The molecule has 0 aliphatic heterocycles. The van der Waals surface area contributed by atoms with Gasteiger partial charge in [-0.15, -0.1) is 11.3 Å². The van der Waals surface area contributed by atoms with Gasteiger partial charge in [0.1, 0.15) is 10.7 Å². The minimum Gasteiger partial charge on any atom is -0.352 e. The number of fused-ring (bicyclic) bond motifs is 3. The van der Waals surface area contributed by atoms with Crippen LogP contribution in [-0.2, 0) is 30.6 Å². The standard InChI is InChI=1S/C24H28ClN3O2S/c1-24(2,3)15-6-9-17-18(12-15)31-23-21(17)22(30)27-19(28-23)10-11-20(29)26-13-14-4-7-16(25)8-5-14/h4-5,7-8,15H,6,9-13H2,1-3H3,(H,26,29)(H,27,28,30)/t15-/m0/s1. The van der Waals surface area contributed by atoms with E-state index in [-0.39, 0.29) is 23.3 Å². The molecule has 164 valence electrons. The number of benzene rings is 1. The monoisotopic (exact) mass is 457 g/mol. The Labute approximate surface area is 191 Å². The van der Waals surface area contributed by atoms with E-state index in [1.54, 1.807) is 23.5 Å². The van der Waals surface area contributed by atoms with E-state index in [9.17, 15) is 9.59 Å². The summed E-state index contributed by atoms with van der Waals surface area (Å²) in [5.41, 5.74) is 2.36. The van der Waals surface area contributed by atoms with E-state index in [1.165, 1.54) is 10.4 Å². The maximum absolute atomic E-state index is 12.8. The van der Waals surface area contributed by atoms with E-state index >= 15 is 0 Å². The number of aromatic nitrogens is 2. The zero-order valence-electron chi connectivity index (χ0n) is 18.2. The average Bonchev–Trinajstić information content (AvgIpc) is 3.09. The van der Waals surface area contributed by atoms with Crippen LogP contribution in [0.1, 0.15) is 55.4 Å². The Balaban J connectivity index is 1.43. The third-order valence-corrected chi connectivity index (χ3v) is 7.58. The summed E-state index contributed by atoms with van der Waals surface area (Å²) >= 11 is 7.53. The summed E-state index contributed by atoms with van der Waals surface area (Å²) in [4.78, 5) is 34.7. The predicted octanol–water partition coefficient (Wildman–Crippen LogP) is 5.04. The number of nitrogens with one attached hydrogen (secondary N) is 2. The molecular formula is C24H28ClN3O2S. The number of carbonyl (C=O) groups is 1. The van der Waals surface area contributed by atoms with Crippen LogP contribution in [0, 0.1) is 11.3 Å². The van der Waals surface area contributed by atoms with Crippen LogP contribution in [0.15, 0.2) is 29.1 Å². The summed E-state index contributed by atoms with van der Waals surface area (Å²) < 4.78 is 0. The van der Waals surface area contributed by atoms with Crippen molar-refractivity contribution in [2.24, 2.45) is 11.3 Å². The molecule has 5 nitrogen and oxygen atoms in total. The number of carbonyl (C=O) groups excluding carboxylic acids is 1. The Hall–Kier alpha value is -2.18. The second-order valence-corrected chi connectivity index (χ2v) is 10.9. The minimum atomic E-state index is -0.0757. The molecule has 4 rings (SSSR count). The zero-order chi connectivity index (χ0) is 22.2. The maximum Gasteiger partial charge on any atom is 0.259 e. The minimum absolute atomic E-state index is 0.0730. The second kappa shape index (κ2) is 8.75. The number of H-pyrrole nitrogens is 1. The van der Waals surface area contributed by atoms with Crippen LogP contribution in [0.25, 0.3) is 10.2 Å². The molecule has 0 saturated heterocycles. The number of halogens is 1. The smallest absolute Gasteiger partial charge is 0.259 e. The molecule has 2 N–H and O–H groups in total. The van der Waals surface area contributed by atoms with Crippen molar-refractivity contribution >= 4 is 39.1 Å². The molecule has 0 radical (unpaired) electrons. The normalized spacial score (nSPS) is 16.3. The van der Waals surface area contributed by atoms with Crippen molar-refractivity contribution in [1.82, 2.24) is 15.3 Å². The molecule has 1 aliphatic carbocycles. The molecule has 0 saturated carbocycles. The molecule has 1 aromatic carbocycles. The Morgan fingerprint density at radius 2 is 2.03 bits per heavy atom. The van der Waals surface area contributed by atoms with Crippen molar-refractivity contribution < 1.29 is 4.79 Å². The van der Waals surface area contributed by atoms with Crippen molar-refractivity contribution in [3.05, 3.63) is 61.5 Å². The molecule has 2 heterocycles. The maximum atomic E-state index is 12.8. The van der Waals surface area contributed by atoms with Crippen molar-refractivity contribution in [1.29, 1.82) is 0 Å². The Bertz CT molecular complexity index is 1160. The third kappa shape index (κ3) is 5.01. The van der Waals surface area contributed by atoms with Gasteiger partial charge in [-0.2, -0.15) is 0 Å². The van der Waals surface area contributed by atoms with Crippen LogP contribution in [0.4, 0.5) is 0 Å². The second-order valence-electron chi connectivity index (χ2n) is 9.41. The summed E-state index contributed by atoms with van der Waals surface area (Å²) in [6, 6.07) is 7.38. The van der Waals surface area contributed by atoms with Gasteiger partial charge in [0.25, 0.3) is 5.56 Å². The number of aromatic amines is 1. The highest BCUT2D eigenvalue weighted by Gasteiger charge is 2.31. The van der Waals surface area contributed by atoms with Crippen molar-refractivity contribution in [2.45, 2.75) is 59.4 Å². The number of nitrogens with zero attached hydrogens (tertiary/aromatic N) is 1. The lowest BCUT2D eigenvalue weighted by Crippen LogP contribution is -2.26. The van der Waals surface area contributed by atoms with Crippen LogP contribution in [0.3, 0.4) is 0 Å². The molecule has 0 bridgehead atoms. The molecule has 31 heavy (non-hydrogen) atoms. The van der Waals surface area contributed by atoms with Gasteiger partial charge in [-0.1, -0.05) is 44.5 Å². The van der Waals surface area contributed by atoms with Crippen LogP contribution >= 0.6 is 22.9 Å². The van der Waals surface area contributed by atoms with Crippen molar-refractivity contribution in [2.75, 3.05) is 0 Å². The highest BCUT2D eigenvalue weighted by molar-refractivity contribution is 7.18. The van der Waals surface area contributed by atoms with E-state index in [2.05, 4.69) is 31.1 Å². The number of thiophene rings is 1. The quantitative estimate of drug-likeness (QED) is 0.563. The first-order valence-electron chi connectivity index (χ1n) is 10.8. The summed E-state index contributed by atoms with van der Waals surface area (Å²) in [5.74, 6) is 1.12. The Morgan fingerprint density at radius 1 is 1.29 bits per heavy atom. The molecule has 2 aromatic heterocycles. The Morgan fingerprint density at radius 3 is 2.74 bits per heavy atom. The molecule has 7 heteroatoms. The number of hydrogen-bond donors (Lipinski definition) is 2. The molecule has 1 amide bonds. The molecule has 0 spiro atoms. The fourth-order valence-electron chi connectivity index (χ4n) is 4.21. The van der Waals surface area contributed by atoms with E-state index in [4.69, 9.17) is 16.6 Å². The van der Waals surface area contributed by atoms with Gasteiger partial charge < -0.3 is 10.3 Å². The van der Waals surface area contributed by atoms with E-state index in [0.29, 0.717) is 29.7 Å². The van der Waals surface area contributed by atoms with Crippen molar-refractivity contribution in [3.8, 4) is 0 Å². The van der Waals surface area contributed by atoms with Gasteiger partial charge in [-0.05, 0) is 53.9 Å². The van der Waals surface area contributed by atoms with E-state index in [1.807, 2.05) is 12.1 Å². The first-order chi connectivity index (χ1) is 14.7.